The van der Waals surface area contributed by atoms with Crippen LogP contribution in [0.2, 0.25) is 0 Å². The molecule has 2 rings (SSSR count). The van der Waals surface area contributed by atoms with Crippen molar-refractivity contribution in [1.29, 1.82) is 0 Å². The lowest BCUT2D eigenvalue weighted by Crippen LogP contribution is -2.37. The summed E-state index contributed by atoms with van der Waals surface area (Å²) < 4.78 is 47.5. The second-order valence-corrected chi connectivity index (χ2v) is 4.55. The molecule has 3 nitrogen and oxygen atoms in total. The highest BCUT2D eigenvalue weighted by atomic mass is 19.4. The Morgan fingerprint density at radius 3 is 2.21 bits per heavy atom. The highest BCUT2D eigenvalue weighted by Crippen LogP contribution is 2.33. The average Bonchev–Trinajstić information content (AvgIpc) is 2.35. The summed E-state index contributed by atoms with van der Waals surface area (Å²) in [6, 6.07) is 3.61. The van der Waals surface area contributed by atoms with Crippen molar-refractivity contribution in [3.63, 3.8) is 0 Å². The molecule has 0 aromatic heterocycles. The van der Waals surface area contributed by atoms with E-state index in [1.807, 2.05) is 6.07 Å². The van der Waals surface area contributed by atoms with Gasteiger partial charge in [-0.3, -0.25) is 4.90 Å². The first-order chi connectivity index (χ1) is 8.93. The third-order valence-corrected chi connectivity index (χ3v) is 3.20. The van der Waals surface area contributed by atoms with Crippen molar-refractivity contribution >= 4 is 0 Å². The molecular weight excluding hydrogens is 259 g/mol. The van der Waals surface area contributed by atoms with Crippen molar-refractivity contribution in [2.75, 3.05) is 27.3 Å². The van der Waals surface area contributed by atoms with E-state index in [2.05, 4.69) is 0 Å². The highest BCUT2D eigenvalue weighted by Gasteiger charge is 2.32. The number of alkyl halides is 3. The molecular formula is C13H16F3NO2. The second kappa shape index (κ2) is 5.28. The maximum atomic E-state index is 12.4. The van der Waals surface area contributed by atoms with Gasteiger partial charge in [0.1, 0.15) is 0 Å². The molecule has 0 aliphatic carbocycles. The van der Waals surface area contributed by atoms with E-state index in [4.69, 9.17) is 9.47 Å². The van der Waals surface area contributed by atoms with Crippen molar-refractivity contribution in [3.8, 4) is 11.5 Å². The normalized spacial score (nSPS) is 16.1. The van der Waals surface area contributed by atoms with Gasteiger partial charge in [0.05, 0.1) is 20.8 Å². The molecule has 106 valence electrons. The monoisotopic (exact) mass is 275 g/mol. The van der Waals surface area contributed by atoms with Crippen LogP contribution in [0.3, 0.4) is 0 Å². The van der Waals surface area contributed by atoms with Crippen molar-refractivity contribution in [2.24, 2.45) is 0 Å². The molecule has 1 heterocycles. The number of hydrogen-bond donors (Lipinski definition) is 0. The number of rotatable bonds is 3. The fourth-order valence-corrected chi connectivity index (χ4v) is 2.33. The third-order valence-electron chi connectivity index (χ3n) is 3.20. The topological polar surface area (TPSA) is 21.7 Å². The predicted octanol–water partition coefficient (Wildman–Crippen LogP) is 2.62. The maximum Gasteiger partial charge on any atom is 0.401 e. The summed E-state index contributed by atoms with van der Waals surface area (Å²) in [5, 5.41) is 0. The molecule has 19 heavy (non-hydrogen) atoms. The Balaban J connectivity index is 2.20. The molecule has 6 heteroatoms. The fourth-order valence-electron chi connectivity index (χ4n) is 2.33. The Labute approximate surface area is 109 Å². The molecule has 1 aromatic rings. The summed E-state index contributed by atoms with van der Waals surface area (Å²) in [6.45, 7) is -0.183. The van der Waals surface area contributed by atoms with Crippen molar-refractivity contribution in [3.05, 3.63) is 23.3 Å². The Morgan fingerprint density at radius 1 is 1.11 bits per heavy atom. The first-order valence-electron chi connectivity index (χ1n) is 5.96. The summed E-state index contributed by atoms with van der Waals surface area (Å²) in [6.07, 6.45) is -3.57. The number of nitrogens with zero attached hydrogens (tertiary/aromatic N) is 1. The highest BCUT2D eigenvalue weighted by molar-refractivity contribution is 5.48. The van der Waals surface area contributed by atoms with E-state index in [0.717, 1.165) is 11.1 Å². The number of benzene rings is 1. The largest absolute Gasteiger partial charge is 0.493 e. The van der Waals surface area contributed by atoms with Crippen LogP contribution in [0.15, 0.2) is 12.1 Å². The molecule has 1 aromatic carbocycles. The van der Waals surface area contributed by atoms with Gasteiger partial charge in [0, 0.05) is 13.1 Å². The number of fused-ring (bicyclic) bond motifs is 1. The van der Waals surface area contributed by atoms with E-state index in [0.29, 0.717) is 24.5 Å². The summed E-state index contributed by atoms with van der Waals surface area (Å²) in [5.41, 5.74) is 1.89. The van der Waals surface area contributed by atoms with Gasteiger partial charge in [0.15, 0.2) is 11.5 Å². The van der Waals surface area contributed by atoms with Crippen LogP contribution in [0.25, 0.3) is 0 Å². The first kappa shape index (κ1) is 14.0. The lowest BCUT2D eigenvalue weighted by molar-refractivity contribution is -0.147. The first-order valence-corrected chi connectivity index (χ1v) is 5.96. The van der Waals surface area contributed by atoms with Crippen molar-refractivity contribution < 1.29 is 22.6 Å². The van der Waals surface area contributed by atoms with Crippen LogP contribution in [-0.4, -0.2) is 38.4 Å². The van der Waals surface area contributed by atoms with Gasteiger partial charge < -0.3 is 9.47 Å². The molecule has 0 bridgehead atoms. The maximum absolute atomic E-state index is 12.4. The van der Waals surface area contributed by atoms with Gasteiger partial charge in [-0.25, -0.2) is 0 Å². The van der Waals surface area contributed by atoms with Crippen LogP contribution in [-0.2, 0) is 13.0 Å². The van der Waals surface area contributed by atoms with Crippen LogP contribution in [0, 0.1) is 0 Å². The predicted molar refractivity (Wildman–Crippen MR) is 64.6 cm³/mol. The molecule has 0 N–H and O–H groups in total. The van der Waals surface area contributed by atoms with Crippen molar-refractivity contribution in [2.45, 2.75) is 19.1 Å². The van der Waals surface area contributed by atoms with Gasteiger partial charge in [0.2, 0.25) is 0 Å². The van der Waals surface area contributed by atoms with E-state index in [1.54, 1.807) is 13.2 Å². The van der Waals surface area contributed by atoms with Crippen LogP contribution in [0.5, 0.6) is 11.5 Å². The number of methoxy groups -OCH3 is 2. The SMILES string of the molecule is COc1cc2c(cc1OC)CN(CC(F)(F)F)CC2. The zero-order chi connectivity index (χ0) is 14.0. The minimum Gasteiger partial charge on any atom is -0.493 e. The summed E-state index contributed by atoms with van der Waals surface area (Å²) in [5.74, 6) is 1.17. The second-order valence-electron chi connectivity index (χ2n) is 4.55. The summed E-state index contributed by atoms with van der Waals surface area (Å²) >= 11 is 0. The molecule has 0 saturated heterocycles. The molecule has 0 fully saturated rings. The quantitative estimate of drug-likeness (QED) is 0.846. The Bertz CT molecular complexity index is 460. The van der Waals surface area contributed by atoms with Gasteiger partial charge in [0.25, 0.3) is 0 Å². The van der Waals surface area contributed by atoms with Crippen molar-refractivity contribution in [1.82, 2.24) is 4.90 Å². The molecule has 0 atom stereocenters. The Morgan fingerprint density at radius 2 is 1.68 bits per heavy atom. The van der Waals surface area contributed by atoms with E-state index in [-0.39, 0.29) is 6.54 Å². The molecule has 0 amide bonds. The Kier molecular flexibility index (Phi) is 3.89. The number of hydrogen-bond acceptors (Lipinski definition) is 3. The summed E-state index contributed by atoms with van der Waals surface area (Å²) in [7, 11) is 3.06. The van der Waals surface area contributed by atoms with Gasteiger partial charge in [-0.05, 0) is 29.7 Å². The number of halogens is 3. The zero-order valence-corrected chi connectivity index (χ0v) is 10.9. The third kappa shape index (κ3) is 3.32. The van der Waals surface area contributed by atoms with Crippen LogP contribution < -0.4 is 9.47 Å². The number of ether oxygens (including phenoxy) is 2. The van der Waals surface area contributed by atoms with Gasteiger partial charge >= 0.3 is 6.18 Å². The minimum atomic E-state index is -4.16. The molecule has 1 aliphatic heterocycles. The minimum absolute atomic E-state index is 0.287. The Hall–Kier alpha value is -1.43. The van der Waals surface area contributed by atoms with Gasteiger partial charge in [-0.15, -0.1) is 0 Å². The van der Waals surface area contributed by atoms with Crippen LogP contribution in [0.1, 0.15) is 11.1 Å². The van der Waals surface area contributed by atoms with E-state index in [9.17, 15) is 13.2 Å². The molecule has 0 radical (unpaired) electrons. The lowest BCUT2D eigenvalue weighted by Gasteiger charge is -2.30. The molecule has 0 spiro atoms. The van der Waals surface area contributed by atoms with E-state index >= 15 is 0 Å². The molecule has 0 unspecified atom stereocenters. The van der Waals surface area contributed by atoms with E-state index in [1.165, 1.54) is 12.0 Å². The standard InChI is InChI=1S/C13H16F3NO2/c1-18-11-5-9-3-4-17(8-13(14,15)16)7-10(9)6-12(11)19-2/h5-6H,3-4,7-8H2,1-2H3. The van der Waals surface area contributed by atoms with Crippen LogP contribution in [0.4, 0.5) is 13.2 Å². The fraction of sp³-hybridized carbons (Fsp3) is 0.538. The van der Waals surface area contributed by atoms with Gasteiger partial charge in [-0.1, -0.05) is 0 Å². The summed E-state index contributed by atoms with van der Waals surface area (Å²) in [4.78, 5) is 1.40. The molecule has 0 saturated carbocycles. The zero-order valence-electron chi connectivity index (χ0n) is 10.9. The smallest absolute Gasteiger partial charge is 0.401 e. The lowest BCUT2D eigenvalue weighted by atomic mass is 9.99. The van der Waals surface area contributed by atoms with E-state index < -0.39 is 12.7 Å². The van der Waals surface area contributed by atoms with Gasteiger partial charge in [-0.2, -0.15) is 13.2 Å². The average molecular weight is 275 g/mol. The van der Waals surface area contributed by atoms with Crippen LogP contribution >= 0.6 is 0 Å². The molecule has 1 aliphatic rings.